The average molecular weight is 523 g/mol. The van der Waals surface area contributed by atoms with Gasteiger partial charge in [0.1, 0.15) is 18.5 Å². The fourth-order valence-corrected chi connectivity index (χ4v) is 4.55. The van der Waals surface area contributed by atoms with Crippen LogP contribution < -0.4 is 5.32 Å². The molecule has 10 heteroatoms. The first kappa shape index (κ1) is 26.0. The zero-order valence-corrected chi connectivity index (χ0v) is 20.2. The first-order valence-electron chi connectivity index (χ1n) is 11.8. The quantitative estimate of drug-likeness (QED) is 0.363. The molecule has 0 radical (unpaired) electrons. The van der Waals surface area contributed by atoms with Gasteiger partial charge in [0.05, 0.1) is 0 Å². The van der Waals surface area contributed by atoms with Crippen molar-refractivity contribution in [2.75, 3.05) is 0 Å². The summed E-state index contributed by atoms with van der Waals surface area (Å²) in [6, 6.07) is 6.78. The van der Waals surface area contributed by atoms with E-state index in [9.17, 15) is 27.6 Å². The molecule has 2 aliphatic rings. The maximum atomic E-state index is 14.1. The van der Waals surface area contributed by atoms with E-state index in [0.29, 0.717) is 35.4 Å². The monoisotopic (exact) mass is 522 g/mol. The molecule has 2 fully saturated rings. The molecule has 1 saturated heterocycles. The van der Waals surface area contributed by atoms with E-state index in [0.717, 1.165) is 18.9 Å². The number of nitrogens with zero attached hydrogens (tertiary/aromatic N) is 1. The lowest BCUT2D eigenvalue weighted by Crippen LogP contribution is -2.44. The van der Waals surface area contributed by atoms with E-state index in [1.54, 1.807) is 24.3 Å². The third kappa shape index (κ3) is 6.57. The Kier molecular flexibility index (Phi) is 8.18. The van der Waals surface area contributed by atoms with E-state index in [4.69, 9.17) is 16.3 Å². The fraction of sp³-hybridized carbons (Fsp3) is 0.423. The van der Waals surface area contributed by atoms with Crippen molar-refractivity contribution in [2.24, 2.45) is 5.92 Å². The summed E-state index contributed by atoms with van der Waals surface area (Å²) in [5.74, 6) is -4.60. The number of hydrogen-bond acceptors (Lipinski definition) is 4. The van der Waals surface area contributed by atoms with Crippen LogP contribution in [0.4, 0.5) is 13.2 Å². The Balaban J connectivity index is 1.38. The summed E-state index contributed by atoms with van der Waals surface area (Å²) < 4.78 is 46.7. The predicted octanol–water partition coefficient (Wildman–Crippen LogP) is 4.67. The second-order valence-electron chi connectivity index (χ2n) is 9.28. The number of benzene rings is 2. The second kappa shape index (κ2) is 11.3. The van der Waals surface area contributed by atoms with Crippen LogP contribution in [0.1, 0.15) is 49.7 Å². The van der Waals surface area contributed by atoms with Crippen LogP contribution >= 0.6 is 11.6 Å². The van der Waals surface area contributed by atoms with Gasteiger partial charge >= 0.3 is 5.97 Å². The maximum absolute atomic E-state index is 14.1. The molecule has 2 aromatic rings. The summed E-state index contributed by atoms with van der Waals surface area (Å²) in [6.07, 6.45) is 2.69. The van der Waals surface area contributed by atoms with E-state index >= 15 is 0 Å². The molecular formula is C26H26ClF3N2O4. The molecule has 0 unspecified atom stereocenters. The van der Waals surface area contributed by atoms with Crippen LogP contribution in [0.25, 0.3) is 0 Å². The number of carbonyl (C=O) groups is 3. The highest BCUT2D eigenvalue weighted by Gasteiger charge is 2.36. The van der Waals surface area contributed by atoms with Crippen LogP contribution in [-0.4, -0.2) is 34.8 Å². The molecule has 1 aliphatic heterocycles. The number of nitrogens with one attached hydrogen (secondary N) is 1. The van der Waals surface area contributed by atoms with Gasteiger partial charge in [0.15, 0.2) is 11.6 Å². The molecule has 4 rings (SSSR count). The molecule has 2 amide bonds. The largest absolute Gasteiger partial charge is 0.459 e. The molecule has 0 aromatic heterocycles. The first-order valence-corrected chi connectivity index (χ1v) is 12.2. The lowest BCUT2D eigenvalue weighted by molar-refractivity contribution is -0.149. The maximum Gasteiger partial charge on any atom is 0.328 e. The SMILES string of the molecule is O=C(C[C@@H]1CCC(=O)N1Cc1cc(F)cc(F)c1F)N[C@@H](CC1CC1)C(=O)OCc1ccccc1Cl. The van der Waals surface area contributed by atoms with Crippen LogP contribution in [0, 0.1) is 23.4 Å². The Bertz CT molecular complexity index is 1160. The van der Waals surface area contributed by atoms with Crippen LogP contribution in [0.3, 0.4) is 0 Å². The standard InChI is InChI=1S/C26H26ClF3N2O4/c27-20-4-2-1-3-16(20)14-36-26(35)22(9-15-5-6-15)31-23(33)12-19-7-8-24(34)32(19)13-17-10-18(28)11-21(29)25(17)30/h1-4,10-11,15,19,22H,5-9,12-14H2,(H,31,33)/t19-,22-/m0/s1. The van der Waals surface area contributed by atoms with Crippen molar-refractivity contribution in [1.82, 2.24) is 10.2 Å². The number of esters is 1. The Morgan fingerprint density at radius 1 is 1.11 bits per heavy atom. The minimum absolute atomic E-state index is 0.0315. The minimum atomic E-state index is -1.34. The summed E-state index contributed by atoms with van der Waals surface area (Å²) in [6.45, 7) is -0.390. The summed E-state index contributed by atoms with van der Waals surface area (Å²) in [4.78, 5) is 39.3. The van der Waals surface area contributed by atoms with E-state index in [1.807, 2.05) is 0 Å². The topological polar surface area (TPSA) is 75.7 Å². The third-order valence-corrected chi connectivity index (χ3v) is 6.86. The number of halogens is 4. The van der Waals surface area contributed by atoms with Gasteiger partial charge in [0, 0.05) is 47.6 Å². The number of rotatable bonds is 10. The van der Waals surface area contributed by atoms with E-state index in [1.165, 1.54) is 4.90 Å². The highest BCUT2D eigenvalue weighted by Crippen LogP contribution is 2.34. The highest BCUT2D eigenvalue weighted by atomic mass is 35.5. The third-order valence-electron chi connectivity index (χ3n) is 6.50. The van der Waals surface area contributed by atoms with E-state index < -0.39 is 41.4 Å². The fourth-order valence-electron chi connectivity index (χ4n) is 4.36. The van der Waals surface area contributed by atoms with Crippen LogP contribution in [-0.2, 0) is 32.3 Å². The van der Waals surface area contributed by atoms with Crippen molar-refractivity contribution in [1.29, 1.82) is 0 Å². The Morgan fingerprint density at radius 3 is 2.58 bits per heavy atom. The number of amides is 2. The number of carbonyl (C=O) groups excluding carboxylic acids is 3. The molecule has 0 bridgehead atoms. The second-order valence-corrected chi connectivity index (χ2v) is 9.68. The van der Waals surface area contributed by atoms with Gasteiger partial charge in [-0.15, -0.1) is 0 Å². The van der Waals surface area contributed by atoms with Crippen molar-refractivity contribution in [3.63, 3.8) is 0 Å². The van der Waals surface area contributed by atoms with Crippen LogP contribution in [0.15, 0.2) is 36.4 Å². The molecule has 1 N–H and O–H groups in total. The molecule has 0 spiro atoms. The first-order chi connectivity index (χ1) is 17.2. The molecule has 1 heterocycles. The van der Waals surface area contributed by atoms with Crippen LogP contribution in [0.5, 0.6) is 0 Å². The molecule has 192 valence electrons. The van der Waals surface area contributed by atoms with E-state index in [2.05, 4.69) is 5.32 Å². The number of likely N-dealkylation sites (tertiary alicyclic amines) is 1. The average Bonchev–Trinajstić information content (AvgIpc) is 3.59. The van der Waals surface area contributed by atoms with Gasteiger partial charge in [-0.25, -0.2) is 18.0 Å². The molecule has 36 heavy (non-hydrogen) atoms. The molecule has 1 saturated carbocycles. The van der Waals surface area contributed by atoms with Crippen molar-refractivity contribution in [3.8, 4) is 0 Å². The van der Waals surface area contributed by atoms with Gasteiger partial charge in [0.25, 0.3) is 0 Å². The predicted molar refractivity (Wildman–Crippen MR) is 125 cm³/mol. The molecule has 2 atom stereocenters. The van der Waals surface area contributed by atoms with Gasteiger partial charge in [-0.1, -0.05) is 42.6 Å². The van der Waals surface area contributed by atoms with Gasteiger partial charge in [0.2, 0.25) is 11.8 Å². The zero-order chi connectivity index (χ0) is 25.8. The minimum Gasteiger partial charge on any atom is -0.459 e. The van der Waals surface area contributed by atoms with Gasteiger partial charge in [-0.3, -0.25) is 9.59 Å². The Hall–Kier alpha value is -3.07. The number of ether oxygens (including phenoxy) is 1. The van der Waals surface area contributed by atoms with Crippen molar-refractivity contribution in [3.05, 3.63) is 70.0 Å². The van der Waals surface area contributed by atoms with Crippen molar-refractivity contribution in [2.45, 2.75) is 63.8 Å². The number of hydrogen-bond donors (Lipinski definition) is 1. The van der Waals surface area contributed by atoms with E-state index in [-0.39, 0.29) is 37.5 Å². The summed E-state index contributed by atoms with van der Waals surface area (Å²) in [5.41, 5.74) is 0.341. The van der Waals surface area contributed by atoms with Gasteiger partial charge in [-0.2, -0.15) is 0 Å². The summed E-state index contributed by atoms with van der Waals surface area (Å²) in [5, 5.41) is 3.18. The Labute approximate surface area is 211 Å². The van der Waals surface area contributed by atoms with Gasteiger partial charge < -0.3 is 15.0 Å². The molecule has 1 aliphatic carbocycles. The molecule has 2 aromatic carbocycles. The zero-order valence-electron chi connectivity index (χ0n) is 19.4. The summed E-state index contributed by atoms with van der Waals surface area (Å²) in [7, 11) is 0. The lowest BCUT2D eigenvalue weighted by Gasteiger charge is -2.26. The normalized spacial score (nSPS) is 18.3. The smallest absolute Gasteiger partial charge is 0.328 e. The molecule has 6 nitrogen and oxygen atoms in total. The van der Waals surface area contributed by atoms with Crippen LogP contribution in [0.2, 0.25) is 5.02 Å². The van der Waals surface area contributed by atoms with Gasteiger partial charge in [-0.05, 0) is 30.9 Å². The van der Waals surface area contributed by atoms with Crippen molar-refractivity contribution < 1.29 is 32.3 Å². The molecular weight excluding hydrogens is 497 g/mol. The van der Waals surface area contributed by atoms with Crippen molar-refractivity contribution >= 4 is 29.4 Å². The lowest BCUT2D eigenvalue weighted by atomic mass is 10.1. The summed E-state index contributed by atoms with van der Waals surface area (Å²) >= 11 is 6.11. The Morgan fingerprint density at radius 2 is 1.86 bits per heavy atom. The highest BCUT2D eigenvalue weighted by molar-refractivity contribution is 6.31.